The number of carbonyl (C=O) groups excluding carboxylic acids is 1. The predicted molar refractivity (Wildman–Crippen MR) is 95.2 cm³/mol. The number of rotatable bonds is 8. The van der Waals surface area contributed by atoms with E-state index in [2.05, 4.69) is 14.8 Å². The van der Waals surface area contributed by atoms with E-state index in [1.807, 2.05) is 18.3 Å². The van der Waals surface area contributed by atoms with E-state index in [1.165, 1.54) is 32.1 Å². The molecule has 3 rings (SSSR count). The van der Waals surface area contributed by atoms with E-state index in [0.717, 1.165) is 44.6 Å². The number of hydrogen-bond acceptors (Lipinski definition) is 3. The Morgan fingerprint density at radius 2 is 2.04 bits per heavy atom. The summed E-state index contributed by atoms with van der Waals surface area (Å²) in [6.07, 6.45) is 11.3. The summed E-state index contributed by atoms with van der Waals surface area (Å²) in [6.45, 7) is 3.13. The second kappa shape index (κ2) is 8.67. The molecule has 1 aliphatic heterocycles. The fourth-order valence-corrected chi connectivity index (χ4v) is 4.22. The van der Waals surface area contributed by atoms with Gasteiger partial charge in [-0.1, -0.05) is 12.8 Å². The summed E-state index contributed by atoms with van der Waals surface area (Å²) in [7, 11) is 0. The lowest BCUT2D eigenvalue weighted by Gasteiger charge is -2.22. The lowest BCUT2D eigenvalue weighted by Crippen LogP contribution is -2.33. The van der Waals surface area contributed by atoms with Crippen molar-refractivity contribution in [2.75, 3.05) is 26.2 Å². The topological polar surface area (TPSA) is 57.5 Å². The van der Waals surface area contributed by atoms with Gasteiger partial charge in [0, 0.05) is 24.8 Å². The van der Waals surface area contributed by atoms with Crippen molar-refractivity contribution in [3.05, 3.63) is 24.0 Å². The summed E-state index contributed by atoms with van der Waals surface area (Å²) in [5.41, 5.74) is 0.807. The summed E-state index contributed by atoms with van der Waals surface area (Å²) in [5, 5.41) is 12.4. The molecule has 134 valence electrons. The number of aliphatic hydroxyl groups excluding tert-OH is 1. The molecule has 1 aromatic rings. The van der Waals surface area contributed by atoms with Crippen molar-refractivity contribution >= 4 is 5.91 Å². The monoisotopic (exact) mass is 333 g/mol. The summed E-state index contributed by atoms with van der Waals surface area (Å²) in [4.78, 5) is 14.8. The van der Waals surface area contributed by atoms with Gasteiger partial charge in [0.15, 0.2) is 0 Å². The Morgan fingerprint density at radius 1 is 1.21 bits per heavy atom. The molecule has 24 heavy (non-hydrogen) atoms. The van der Waals surface area contributed by atoms with Crippen molar-refractivity contribution in [1.29, 1.82) is 0 Å². The zero-order valence-electron chi connectivity index (χ0n) is 14.6. The minimum absolute atomic E-state index is 0.0568. The number of hydrogen-bond donors (Lipinski definition) is 2. The largest absolute Gasteiger partial charge is 0.395 e. The molecular formula is C19H31N3O2. The van der Waals surface area contributed by atoms with Crippen molar-refractivity contribution in [3.63, 3.8) is 0 Å². The van der Waals surface area contributed by atoms with Crippen LogP contribution in [0, 0.1) is 0 Å². The van der Waals surface area contributed by atoms with Gasteiger partial charge < -0.3 is 15.0 Å². The van der Waals surface area contributed by atoms with Gasteiger partial charge in [0.2, 0.25) is 0 Å². The molecule has 2 fully saturated rings. The van der Waals surface area contributed by atoms with Gasteiger partial charge in [0.05, 0.1) is 6.61 Å². The van der Waals surface area contributed by atoms with Crippen LogP contribution in [0.25, 0.3) is 0 Å². The number of nitrogens with one attached hydrogen (secondary N) is 1. The average molecular weight is 333 g/mol. The molecule has 5 nitrogen and oxygen atoms in total. The molecule has 1 aromatic heterocycles. The molecule has 2 aliphatic rings. The normalized spacial score (nSPS) is 22.3. The van der Waals surface area contributed by atoms with Gasteiger partial charge in [0.1, 0.15) is 5.69 Å². The summed E-state index contributed by atoms with van der Waals surface area (Å²) in [5.74, 6) is 0.0568. The van der Waals surface area contributed by atoms with Crippen LogP contribution < -0.4 is 5.32 Å². The number of amides is 1. The van der Waals surface area contributed by atoms with Crippen molar-refractivity contribution in [2.45, 2.75) is 63.5 Å². The van der Waals surface area contributed by atoms with Crippen LogP contribution in [-0.2, 0) is 0 Å². The van der Waals surface area contributed by atoms with Crippen LogP contribution in [0.1, 0.15) is 67.9 Å². The van der Waals surface area contributed by atoms with Crippen molar-refractivity contribution in [3.8, 4) is 0 Å². The Bertz CT molecular complexity index is 522. The molecule has 0 aromatic carbocycles. The Hall–Kier alpha value is -1.33. The Balaban J connectivity index is 1.38. The molecule has 0 spiro atoms. The molecular weight excluding hydrogens is 302 g/mol. The highest BCUT2D eigenvalue weighted by Crippen LogP contribution is 2.30. The fraction of sp³-hybridized carbons (Fsp3) is 0.737. The third kappa shape index (κ3) is 4.19. The standard InChI is InChI=1S/C19H31N3O2/c23-15-17-9-5-13-21(17)12-4-3-11-20-19(24)18-10-6-14-22(18)16-7-1-2-8-16/h6,10,14,16-17,23H,1-5,7-9,11-13,15H2,(H,20,24). The number of carbonyl (C=O) groups is 1. The van der Waals surface area contributed by atoms with E-state index in [-0.39, 0.29) is 12.5 Å². The fourth-order valence-electron chi connectivity index (χ4n) is 4.22. The highest BCUT2D eigenvalue weighted by atomic mass is 16.3. The molecule has 0 radical (unpaired) electrons. The minimum Gasteiger partial charge on any atom is -0.395 e. The maximum absolute atomic E-state index is 12.4. The zero-order valence-corrected chi connectivity index (χ0v) is 14.6. The van der Waals surface area contributed by atoms with Gasteiger partial charge in [-0.2, -0.15) is 0 Å². The van der Waals surface area contributed by atoms with Gasteiger partial charge in [-0.15, -0.1) is 0 Å². The Morgan fingerprint density at radius 3 is 2.83 bits per heavy atom. The lowest BCUT2D eigenvalue weighted by molar-refractivity contribution is 0.0940. The van der Waals surface area contributed by atoms with Crippen molar-refractivity contribution < 1.29 is 9.90 Å². The van der Waals surface area contributed by atoms with Crippen LogP contribution in [0.2, 0.25) is 0 Å². The third-order valence-electron chi connectivity index (χ3n) is 5.60. The highest BCUT2D eigenvalue weighted by molar-refractivity contribution is 5.92. The van der Waals surface area contributed by atoms with Crippen LogP contribution in [-0.4, -0.2) is 52.8 Å². The van der Waals surface area contributed by atoms with Gasteiger partial charge in [-0.05, 0) is 63.7 Å². The average Bonchev–Trinajstić information content (AvgIpc) is 3.33. The molecule has 1 unspecified atom stereocenters. The highest BCUT2D eigenvalue weighted by Gasteiger charge is 2.23. The molecule has 1 amide bonds. The zero-order chi connectivity index (χ0) is 16.8. The second-order valence-corrected chi connectivity index (χ2v) is 7.22. The van der Waals surface area contributed by atoms with Crippen molar-refractivity contribution in [2.24, 2.45) is 0 Å². The van der Waals surface area contributed by atoms with E-state index in [0.29, 0.717) is 12.1 Å². The van der Waals surface area contributed by atoms with Gasteiger partial charge in [0.25, 0.3) is 5.91 Å². The van der Waals surface area contributed by atoms with Gasteiger partial charge in [-0.3, -0.25) is 9.69 Å². The van der Waals surface area contributed by atoms with E-state index in [4.69, 9.17) is 0 Å². The molecule has 0 bridgehead atoms. The summed E-state index contributed by atoms with van der Waals surface area (Å²) < 4.78 is 2.17. The SMILES string of the molecule is O=C(NCCCCN1CCCC1CO)c1cccn1C1CCCC1. The summed E-state index contributed by atoms with van der Waals surface area (Å²) >= 11 is 0. The first-order valence-electron chi connectivity index (χ1n) is 9.59. The van der Waals surface area contributed by atoms with E-state index in [1.54, 1.807) is 0 Å². The smallest absolute Gasteiger partial charge is 0.267 e. The van der Waals surface area contributed by atoms with Crippen LogP contribution in [0.4, 0.5) is 0 Å². The van der Waals surface area contributed by atoms with Crippen LogP contribution in [0.15, 0.2) is 18.3 Å². The Kier molecular flexibility index (Phi) is 6.32. The van der Waals surface area contributed by atoms with E-state index >= 15 is 0 Å². The lowest BCUT2D eigenvalue weighted by atomic mass is 10.2. The molecule has 2 N–H and O–H groups in total. The minimum atomic E-state index is 0.0568. The Labute approximate surface area is 145 Å². The first kappa shape index (κ1) is 17.5. The molecule has 1 saturated carbocycles. The summed E-state index contributed by atoms with van der Waals surface area (Å²) in [6, 6.07) is 4.78. The van der Waals surface area contributed by atoms with Crippen LogP contribution in [0.5, 0.6) is 0 Å². The number of unbranched alkanes of at least 4 members (excludes halogenated alkanes) is 1. The van der Waals surface area contributed by atoms with E-state index in [9.17, 15) is 9.90 Å². The molecule has 2 heterocycles. The van der Waals surface area contributed by atoms with Gasteiger partial charge >= 0.3 is 0 Å². The maximum atomic E-state index is 12.4. The first-order valence-corrected chi connectivity index (χ1v) is 9.59. The predicted octanol–water partition coefficient (Wildman–Crippen LogP) is 2.57. The molecule has 1 aliphatic carbocycles. The van der Waals surface area contributed by atoms with Crippen LogP contribution in [0.3, 0.4) is 0 Å². The number of nitrogens with zero attached hydrogens (tertiary/aromatic N) is 2. The van der Waals surface area contributed by atoms with E-state index < -0.39 is 0 Å². The number of likely N-dealkylation sites (tertiary alicyclic amines) is 1. The third-order valence-corrected chi connectivity index (χ3v) is 5.60. The van der Waals surface area contributed by atoms with Crippen molar-refractivity contribution in [1.82, 2.24) is 14.8 Å². The molecule has 1 saturated heterocycles. The molecule has 1 atom stereocenters. The van der Waals surface area contributed by atoms with Crippen LogP contribution >= 0.6 is 0 Å². The first-order chi connectivity index (χ1) is 11.8. The molecule has 5 heteroatoms. The van der Waals surface area contributed by atoms with Gasteiger partial charge in [-0.25, -0.2) is 0 Å². The number of aromatic nitrogens is 1. The maximum Gasteiger partial charge on any atom is 0.267 e. The quantitative estimate of drug-likeness (QED) is 0.719. The number of aliphatic hydroxyl groups is 1. The second-order valence-electron chi connectivity index (χ2n) is 7.22.